The summed E-state index contributed by atoms with van der Waals surface area (Å²) in [5.41, 5.74) is 4.09. The van der Waals surface area contributed by atoms with E-state index in [4.69, 9.17) is 5.73 Å². The number of carboxylic acids is 1. The molecule has 6 nitrogen and oxygen atoms in total. The molecule has 0 saturated heterocycles. The van der Waals surface area contributed by atoms with Crippen molar-refractivity contribution < 1.29 is 19.2 Å². The number of aliphatic carboxylic acids is 1. The van der Waals surface area contributed by atoms with Crippen LogP contribution in [-0.2, 0) is 4.79 Å². The van der Waals surface area contributed by atoms with E-state index in [0.717, 1.165) is 12.1 Å². The summed E-state index contributed by atoms with van der Waals surface area (Å²) in [4.78, 5) is 21.1. The molecule has 0 saturated carbocycles. The molecule has 1 aromatic rings. The van der Waals surface area contributed by atoms with Gasteiger partial charge in [0.05, 0.1) is 22.1 Å². The van der Waals surface area contributed by atoms with Gasteiger partial charge < -0.3 is 10.8 Å². The number of carbonyl (C=O) groups is 1. The Hall–Kier alpha value is -2.62. The first-order valence-electron chi connectivity index (χ1n) is 6.59. The van der Waals surface area contributed by atoms with Crippen LogP contribution >= 0.6 is 0 Å². The molecular formula is C15H17FN2O4. The van der Waals surface area contributed by atoms with E-state index in [2.05, 4.69) is 11.8 Å². The van der Waals surface area contributed by atoms with Gasteiger partial charge in [0.2, 0.25) is 5.82 Å². The zero-order valence-corrected chi connectivity index (χ0v) is 12.5. The third-order valence-corrected chi connectivity index (χ3v) is 3.41. The van der Waals surface area contributed by atoms with Crippen molar-refractivity contribution in [1.82, 2.24) is 0 Å². The minimum absolute atomic E-state index is 0.0326. The van der Waals surface area contributed by atoms with Crippen molar-refractivity contribution in [3.8, 4) is 11.8 Å². The molecule has 3 N–H and O–H groups in total. The van der Waals surface area contributed by atoms with E-state index >= 15 is 0 Å². The number of rotatable bonds is 4. The topological polar surface area (TPSA) is 106 Å². The molecule has 0 spiro atoms. The van der Waals surface area contributed by atoms with Gasteiger partial charge in [0.1, 0.15) is 0 Å². The van der Waals surface area contributed by atoms with E-state index in [1.54, 1.807) is 20.8 Å². The minimum Gasteiger partial charge on any atom is -0.481 e. The zero-order chi connectivity index (χ0) is 17.1. The predicted molar refractivity (Wildman–Crippen MR) is 79.5 cm³/mol. The molecule has 0 aromatic heterocycles. The Morgan fingerprint density at radius 1 is 1.55 bits per heavy atom. The van der Waals surface area contributed by atoms with Gasteiger partial charge in [0.25, 0.3) is 0 Å². The fraction of sp³-hybridized carbons (Fsp3) is 0.400. The van der Waals surface area contributed by atoms with Crippen molar-refractivity contribution in [1.29, 1.82) is 0 Å². The maximum Gasteiger partial charge on any atom is 0.308 e. The number of carboxylic acid groups (broad SMARTS) is 1. The SMILES string of the molecule is CCC(C(=O)O)C(C)(C)C#Cc1cc([N+](=O)[O-])c(F)cc1N. The van der Waals surface area contributed by atoms with Gasteiger partial charge in [-0.25, -0.2) is 0 Å². The molecule has 1 rings (SSSR count). The summed E-state index contributed by atoms with van der Waals surface area (Å²) < 4.78 is 13.4. The van der Waals surface area contributed by atoms with Crippen LogP contribution in [0.5, 0.6) is 0 Å². The summed E-state index contributed by atoms with van der Waals surface area (Å²) in [5, 5.41) is 19.9. The molecule has 0 bridgehead atoms. The van der Waals surface area contributed by atoms with E-state index < -0.39 is 33.7 Å². The van der Waals surface area contributed by atoms with Crippen LogP contribution in [0.2, 0.25) is 0 Å². The lowest BCUT2D eigenvalue weighted by molar-refractivity contribution is -0.387. The average Bonchev–Trinajstić information content (AvgIpc) is 2.37. The summed E-state index contributed by atoms with van der Waals surface area (Å²) in [6, 6.07) is 1.79. The lowest BCUT2D eigenvalue weighted by Gasteiger charge is -2.24. The Morgan fingerprint density at radius 3 is 2.59 bits per heavy atom. The van der Waals surface area contributed by atoms with Crippen molar-refractivity contribution >= 4 is 17.3 Å². The lowest BCUT2D eigenvalue weighted by atomic mass is 9.77. The molecule has 0 heterocycles. The first kappa shape index (κ1) is 17.4. The van der Waals surface area contributed by atoms with E-state index in [9.17, 15) is 24.4 Å². The second-order valence-corrected chi connectivity index (χ2v) is 5.42. The highest BCUT2D eigenvalue weighted by molar-refractivity contribution is 5.72. The fourth-order valence-corrected chi connectivity index (χ4v) is 2.13. The molecular weight excluding hydrogens is 291 g/mol. The van der Waals surface area contributed by atoms with Crippen molar-refractivity contribution in [3.63, 3.8) is 0 Å². The first-order chi connectivity index (χ1) is 10.1. The van der Waals surface area contributed by atoms with E-state index in [1.165, 1.54) is 0 Å². The molecule has 118 valence electrons. The Balaban J connectivity index is 3.28. The summed E-state index contributed by atoms with van der Waals surface area (Å²) >= 11 is 0. The van der Waals surface area contributed by atoms with E-state index in [0.29, 0.717) is 6.42 Å². The van der Waals surface area contributed by atoms with Gasteiger partial charge in [-0.1, -0.05) is 18.8 Å². The third kappa shape index (κ3) is 3.73. The van der Waals surface area contributed by atoms with Crippen molar-refractivity contribution in [2.75, 3.05) is 5.73 Å². The van der Waals surface area contributed by atoms with Crippen LogP contribution in [0.4, 0.5) is 15.8 Å². The monoisotopic (exact) mass is 308 g/mol. The predicted octanol–water partition coefficient (Wildman–Crippen LogP) is 2.80. The normalized spacial score (nSPS) is 12.2. The first-order valence-corrected chi connectivity index (χ1v) is 6.59. The number of nitrogens with zero attached hydrogens (tertiary/aromatic N) is 1. The quantitative estimate of drug-likeness (QED) is 0.385. The summed E-state index contributed by atoms with van der Waals surface area (Å²) in [5.74, 6) is 2.71. The van der Waals surface area contributed by atoms with Gasteiger partial charge in [-0.3, -0.25) is 14.9 Å². The molecule has 0 aliphatic rings. The molecule has 0 aliphatic heterocycles. The van der Waals surface area contributed by atoms with Gasteiger partial charge in [0, 0.05) is 17.5 Å². The fourth-order valence-electron chi connectivity index (χ4n) is 2.13. The summed E-state index contributed by atoms with van der Waals surface area (Å²) in [6.45, 7) is 5.06. The molecule has 1 atom stereocenters. The average molecular weight is 308 g/mol. The maximum atomic E-state index is 13.4. The number of anilines is 1. The van der Waals surface area contributed by atoms with Crippen LogP contribution in [0.25, 0.3) is 0 Å². The highest BCUT2D eigenvalue weighted by Gasteiger charge is 2.32. The van der Waals surface area contributed by atoms with Crippen LogP contribution < -0.4 is 5.73 Å². The second-order valence-electron chi connectivity index (χ2n) is 5.42. The number of nitro benzene ring substituents is 1. The Labute approximate surface area is 127 Å². The number of nitro groups is 1. The van der Waals surface area contributed by atoms with Crippen LogP contribution in [-0.4, -0.2) is 16.0 Å². The molecule has 7 heteroatoms. The van der Waals surface area contributed by atoms with Crippen molar-refractivity contribution in [2.24, 2.45) is 11.3 Å². The van der Waals surface area contributed by atoms with Gasteiger partial charge in [-0.05, 0) is 20.3 Å². The van der Waals surface area contributed by atoms with Crippen molar-refractivity contribution in [2.45, 2.75) is 27.2 Å². The largest absolute Gasteiger partial charge is 0.481 e. The van der Waals surface area contributed by atoms with Crippen molar-refractivity contribution in [3.05, 3.63) is 33.6 Å². The molecule has 0 amide bonds. The number of nitrogens with two attached hydrogens (primary N) is 1. The highest BCUT2D eigenvalue weighted by atomic mass is 19.1. The van der Waals surface area contributed by atoms with Gasteiger partial charge >= 0.3 is 11.7 Å². The van der Waals surface area contributed by atoms with Crippen LogP contribution in [0.1, 0.15) is 32.8 Å². The Bertz CT molecular complexity index is 674. The van der Waals surface area contributed by atoms with E-state index in [-0.39, 0.29) is 11.3 Å². The standard InChI is InChI=1S/C15H17FN2O4/c1-4-10(14(19)20)15(2,3)6-5-9-7-13(18(21)22)11(16)8-12(9)17/h7-8,10H,4,17H2,1-3H3,(H,19,20). The minimum atomic E-state index is -1.04. The molecule has 0 radical (unpaired) electrons. The molecule has 0 fully saturated rings. The number of hydrogen-bond acceptors (Lipinski definition) is 4. The zero-order valence-electron chi connectivity index (χ0n) is 12.5. The Morgan fingerprint density at radius 2 is 2.14 bits per heavy atom. The smallest absolute Gasteiger partial charge is 0.308 e. The summed E-state index contributed by atoms with van der Waals surface area (Å²) in [6.07, 6.45) is 0.385. The van der Waals surface area contributed by atoms with E-state index in [1.807, 2.05) is 0 Å². The third-order valence-electron chi connectivity index (χ3n) is 3.41. The lowest BCUT2D eigenvalue weighted by Crippen LogP contribution is -2.29. The molecule has 1 aromatic carbocycles. The van der Waals surface area contributed by atoms with Gasteiger partial charge in [-0.15, -0.1) is 0 Å². The van der Waals surface area contributed by atoms with Crippen LogP contribution in [0.3, 0.4) is 0 Å². The van der Waals surface area contributed by atoms with Gasteiger partial charge in [0.15, 0.2) is 0 Å². The second kappa shape index (κ2) is 6.43. The summed E-state index contributed by atoms with van der Waals surface area (Å²) in [7, 11) is 0. The number of halogens is 1. The number of benzene rings is 1. The maximum absolute atomic E-state index is 13.4. The number of hydrogen-bond donors (Lipinski definition) is 2. The Kier molecular flexibility index (Phi) is 5.10. The molecule has 0 aliphatic carbocycles. The van der Waals surface area contributed by atoms with Crippen LogP contribution in [0, 0.1) is 39.1 Å². The van der Waals surface area contributed by atoms with Gasteiger partial charge in [-0.2, -0.15) is 4.39 Å². The number of nitrogen functional groups attached to an aromatic ring is 1. The molecule has 22 heavy (non-hydrogen) atoms. The highest BCUT2D eigenvalue weighted by Crippen LogP contribution is 2.30. The molecule has 1 unspecified atom stereocenters. The van der Waals surface area contributed by atoms with Crippen LogP contribution in [0.15, 0.2) is 12.1 Å².